The van der Waals surface area contributed by atoms with E-state index >= 15 is 0 Å². The van der Waals surface area contributed by atoms with Gasteiger partial charge in [-0.3, -0.25) is 14.2 Å². The molecule has 4 aromatic rings. The van der Waals surface area contributed by atoms with Crippen molar-refractivity contribution in [2.24, 2.45) is 5.41 Å². The van der Waals surface area contributed by atoms with Crippen LogP contribution in [0.25, 0.3) is 22.4 Å². The molecule has 10 nitrogen and oxygen atoms in total. The lowest BCUT2D eigenvalue weighted by Gasteiger charge is -2.39. The van der Waals surface area contributed by atoms with Crippen LogP contribution in [0.2, 0.25) is 0 Å². The molecule has 0 unspecified atom stereocenters. The molecule has 2 aliphatic rings. The number of likely N-dealkylation sites (tertiary alicyclic amines) is 1. The van der Waals surface area contributed by atoms with Crippen LogP contribution in [0.1, 0.15) is 32.6 Å². The molecule has 0 spiro atoms. The van der Waals surface area contributed by atoms with E-state index in [0.717, 1.165) is 12.8 Å². The summed E-state index contributed by atoms with van der Waals surface area (Å²) in [4.78, 5) is 32.2. The van der Waals surface area contributed by atoms with Gasteiger partial charge in [0.15, 0.2) is 5.65 Å². The smallest absolute Gasteiger partial charge is 0.264 e. The Balaban J connectivity index is 1.23. The third-order valence-electron chi connectivity index (χ3n) is 7.41. The van der Waals surface area contributed by atoms with Crippen LogP contribution in [0, 0.1) is 11.4 Å². The van der Waals surface area contributed by atoms with E-state index in [1.54, 1.807) is 22.9 Å². The molecule has 2 fully saturated rings. The number of piperidine rings is 1. The third-order valence-corrected chi connectivity index (χ3v) is 7.41. The zero-order valence-electron chi connectivity index (χ0n) is 19.8. The largest absolute Gasteiger partial charge is 0.388 e. The van der Waals surface area contributed by atoms with Crippen LogP contribution in [0.3, 0.4) is 0 Å². The molecule has 1 aliphatic carbocycles. The second kappa shape index (κ2) is 8.09. The summed E-state index contributed by atoms with van der Waals surface area (Å²) in [5.74, 6) is -0.415. The van der Waals surface area contributed by atoms with Crippen LogP contribution in [0.5, 0.6) is 0 Å². The molecule has 3 aromatic heterocycles. The molecule has 186 valence electrons. The number of amides is 1. The molecule has 4 heterocycles. The first kappa shape index (κ1) is 22.6. The van der Waals surface area contributed by atoms with Gasteiger partial charge in [-0.25, -0.2) is 14.3 Å². The summed E-state index contributed by atoms with van der Waals surface area (Å²) in [5.41, 5.74) is 0.0395. The van der Waals surface area contributed by atoms with Gasteiger partial charge in [0, 0.05) is 30.8 Å². The summed E-state index contributed by atoms with van der Waals surface area (Å²) in [6.07, 6.45) is 7.06. The summed E-state index contributed by atoms with van der Waals surface area (Å²) in [5, 5.41) is 19.7. The van der Waals surface area contributed by atoms with Crippen LogP contribution in [-0.2, 0) is 11.3 Å². The highest BCUT2D eigenvalue weighted by molar-refractivity contribution is 5.85. The van der Waals surface area contributed by atoms with E-state index in [1.807, 2.05) is 17.9 Å². The molecular weight excluding hydrogens is 465 g/mol. The van der Waals surface area contributed by atoms with E-state index in [9.17, 15) is 19.1 Å². The average molecular weight is 492 g/mol. The number of carbonyl (C=O) groups is 1. The number of hydrogen-bond acceptors (Lipinski definition) is 6. The van der Waals surface area contributed by atoms with Gasteiger partial charge in [0.05, 0.1) is 29.7 Å². The summed E-state index contributed by atoms with van der Waals surface area (Å²) < 4.78 is 17.7. The quantitative estimate of drug-likeness (QED) is 0.458. The second-order valence-corrected chi connectivity index (χ2v) is 10.2. The number of carbonyl (C=O) groups excluding carboxylic acids is 1. The van der Waals surface area contributed by atoms with Crippen molar-refractivity contribution in [3.8, 4) is 11.4 Å². The average Bonchev–Trinajstić information content (AvgIpc) is 3.26. The number of rotatable bonds is 5. The maximum atomic E-state index is 13.3. The Bertz CT molecular complexity index is 1530. The van der Waals surface area contributed by atoms with Gasteiger partial charge in [0.25, 0.3) is 5.56 Å². The van der Waals surface area contributed by atoms with E-state index in [2.05, 4.69) is 15.2 Å². The van der Waals surface area contributed by atoms with Gasteiger partial charge >= 0.3 is 0 Å². The van der Waals surface area contributed by atoms with Crippen LogP contribution < -0.4 is 5.56 Å². The summed E-state index contributed by atoms with van der Waals surface area (Å²) in [6.45, 7) is 3.04. The molecule has 0 bridgehead atoms. The number of benzene rings is 1. The van der Waals surface area contributed by atoms with Crippen molar-refractivity contribution in [2.75, 3.05) is 13.1 Å². The van der Waals surface area contributed by atoms with E-state index in [-0.39, 0.29) is 23.4 Å². The maximum Gasteiger partial charge on any atom is 0.264 e. The predicted molar refractivity (Wildman–Crippen MR) is 128 cm³/mol. The zero-order chi connectivity index (χ0) is 25.1. The molecule has 1 amide bonds. The van der Waals surface area contributed by atoms with E-state index in [4.69, 9.17) is 0 Å². The lowest BCUT2D eigenvalue weighted by molar-refractivity contribution is -0.141. The monoisotopic (exact) mass is 491 g/mol. The highest BCUT2D eigenvalue weighted by Crippen LogP contribution is 2.47. The van der Waals surface area contributed by atoms with Gasteiger partial charge in [-0.05, 0) is 43.9 Å². The first-order valence-electron chi connectivity index (χ1n) is 12.0. The summed E-state index contributed by atoms with van der Waals surface area (Å²) in [7, 11) is 0. The topological polar surface area (TPSA) is 111 Å². The van der Waals surface area contributed by atoms with Crippen molar-refractivity contribution in [1.29, 1.82) is 0 Å². The Morgan fingerprint density at radius 3 is 2.58 bits per heavy atom. The van der Waals surface area contributed by atoms with Crippen molar-refractivity contribution < 1.29 is 14.3 Å². The van der Waals surface area contributed by atoms with Crippen LogP contribution >= 0.6 is 0 Å². The minimum atomic E-state index is -1.09. The Hall–Kier alpha value is -3.86. The number of halogens is 1. The van der Waals surface area contributed by atoms with Gasteiger partial charge in [-0.2, -0.15) is 9.49 Å². The van der Waals surface area contributed by atoms with Gasteiger partial charge in [-0.1, -0.05) is 13.0 Å². The van der Waals surface area contributed by atoms with Gasteiger partial charge in [0.2, 0.25) is 11.9 Å². The molecule has 6 rings (SSSR count). The normalized spacial score (nSPS) is 18.5. The molecule has 1 saturated heterocycles. The Labute approximate surface area is 205 Å². The standard InChI is InChI=1S/C25H26FN7O3/c1-24(6-7-24)23(35)30-11-8-25(36,9-12-30)15-31-16-27-21-19(22(31)34)14-28-33(21)18-4-2-3-17(13-18)32-10-5-20(26)29-32/h2-5,10,13-14,16,36H,6-9,11-12,15H2,1H3. The van der Waals surface area contributed by atoms with Crippen molar-refractivity contribution in [2.45, 2.75) is 44.8 Å². The Morgan fingerprint density at radius 1 is 1.14 bits per heavy atom. The molecular formula is C25H26FN7O3. The second-order valence-electron chi connectivity index (χ2n) is 10.2. The fraction of sp³-hybridized carbons (Fsp3) is 0.400. The first-order valence-corrected chi connectivity index (χ1v) is 12.0. The fourth-order valence-electron chi connectivity index (χ4n) is 4.85. The fourth-order valence-corrected chi connectivity index (χ4v) is 4.85. The van der Waals surface area contributed by atoms with Gasteiger partial charge in [0.1, 0.15) is 11.7 Å². The summed E-state index contributed by atoms with van der Waals surface area (Å²) in [6, 6.07) is 8.42. The number of aromatic nitrogens is 6. The lowest BCUT2D eigenvalue weighted by Crippen LogP contribution is -2.51. The molecule has 1 aromatic carbocycles. The number of nitrogens with zero attached hydrogens (tertiary/aromatic N) is 7. The minimum absolute atomic E-state index is 0.0968. The number of hydrogen-bond donors (Lipinski definition) is 1. The number of fused-ring (bicyclic) bond motifs is 1. The third kappa shape index (κ3) is 3.89. The van der Waals surface area contributed by atoms with Crippen LogP contribution in [-0.4, -0.2) is 63.7 Å². The van der Waals surface area contributed by atoms with Gasteiger partial charge in [-0.15, -0.1) is 5.10 Å². The van der Waals surface area contributed by atoms with E-state index < -0.39 is 11.5 Å². The summed E-state index contributed by atoms with van der Waals surface area (Å²) >= 11 is 0. The SMILES string of the molecule is CC1(C(=O)N2CCC(O)(Cn3cnc4c(cnn4-c4cccc(-n5ccc(F)n5)c4)c3=O)CC2)CC1. The molecule has 0 radical (unpaired) electrons. The van der Waals surface area contributed by atoms with Crippen LogP contribution in [0.15, 0.2) is 53.8 Å². The molecule has 1 N–H and O–H groups in total. The number of aliphatic hydroxyl groups is 1. The molecule has 11 heteroatoms. The molecule has 1 aliphatic heterocycles. The Kier molecular flexibility index (Phi) is 5.08. The molecule has 36 heavy (non-hydrogen) atoms. The van der Waals surface area contributed by atoms with Gasteiger partial charge < -0.3 is 10.0 Å². The van der Waals surface area contributed by atoms with Crippen molar-refractivity contribution in [3.05, 3.63) is 65.4 Å². The highest BCUT2D eigenvalue weighted by Gasteiger charge is 2.48. The predicted octanol–water partition coefficient (Wildman–Crippen LogP) is 2.06. The van der Waals surface area contributed by atoms with E-state index in [0.29, 0.717) is 48.3 Å². The molecule has 0 atom stereocenters. The van der Waals surface area contributed by atoms with E-state index in [1.165, 1.54) is 34.0 Å². The zero-order valence-corrected chi connectivity index (χ0v) is 19.8. The van der Waals surface area contributed by atoms with Crippen LogP contribution in [0.4, 0.5) is 4.39 Å². The highest BCUT2D eigenvalue weighted by atomic mass is 19.1. The van der Waals surface area contributed by atoms with Crippen molar-refractivity contribution in [3.63, 3.8) is 0 Å². The molecule has 1 saturated carbocycles. The minimum Gasteiger partial charge on any atom is -0.388 e. The van der Waals surface area contributed by atoms with Crippen molar-refractivity contribution >= 4 is 16.9 Å². The maximum absolute atomic E-state index is 13.3. The van der Waals surface area contributed by atoms with Crippen molar-refractivity contribution in [1.82, 2.24) is 34.0 Å². The lowest BCUT2D eigenvalue weighted by atomic mass is 9.90. The Morgan fingerprint density at radius 2 is 1.89 bits per heavy atom. The first-order chi connectivity index (χ1) is 17.2.